The minimum atomic E-state index is -3.84. The summed E-state index contributed by atoms with van der Waals surface area (Å²) in [4.78, 5) is 22.1. The van der Waals surface area contributed by atoms with E-state index in [1.54, 1.807) is 13.8 Å². The molecular formula is C9H17NO6S. The maximum absolute atomic E-state index is 11.6. The molecule has 0 aromatic rings. The predicted molar refractivity (Wildman–Crippen MR) is 59.7 cm³/mol. The second-order valence-corrected chi connectivity index (χ2v) is 5.20. The second kappa shape index (κ2) is 7.23. The standard InChI is InChI=1S/C9H17NO6S/c1-4-15-8(11)6-10(3)17(13,14)7-9(12)16-5-2/h4-7H2,1-3H3. The maximum Gasteiger partial charge on any atom is 0.322 e. The molecule has 100 valence electrons. The van der Waals surface area contributed by atoms with E-state index in [1.165, 1.54) is 7.05 Å². The molecule has 17 heavy (non-hydrogen) atoms. The van der Waals surface area contributed by atoms with Gasteiger partial charge >= 0.3 is 11.9 Å². The van der Waals surface area contributed by atoms with Crippen LogP contribution in [-0.2, 0) is 29.1 Å². The lowest BCUT2D eigenvalue weighted by Gasteiger charge is -2.15. The van der Waals surface area contributed by atoms with Crippen LogP contribution in [0.4, 0.5) is 0 Å². The number of rotatable bonds is 7. The Morgan fingerprint density at radius 1 is 1.06 bits per heavy atom. The van der Waals surface area contributed by atoms with Gasteiger partial charge in [0.2, 0.25) is 10.0 Å². The molecule has 0 amide bonds. The summed E-state index contributed by atoms with van der Waals surface area (Å²) >= 11 is 0. The van der Waals surface area contributed by atoms with Crippen LogP contribution < -0.4 is 0 Å². The molecule has 0 bridgehead atoms. The lowest BCUT2D eigenvalue weighted by atomic mass is 10.6. The molecule has 0 aromatic carbocycles. The molecule has 0 atom stereocenters. The smallest absolute Gasteiger partial charge is 0.322 e. The van der Waals surface area contributed by atoms with E-state index < -0.39 is 34.3 Å². The van der Waals surface area contributed by atoms with Crippen molar-refractivity contribution >= 4 is 22.0 Å². The Balaban J connectivity index is 4.40. The molecule has 0 spiro atoms. The van der Waals surface area contributed by atoms with Crippen LogP contribution in [0.3, 0.4) is 0 Å². The Morgan fingerprint density at radius 3 is 2.00 bits per heavy atom. The van der Waals surface area contributed by atoms with Crippen LogP contribution in [0.15, 0.2) is 0 Å². The largest absolute Gasteiger partial charge is 0.465 e. The number of hydrogen-bond donors (Lipinski definition) is 0. The molecule has 0 saturated heterocycles. The van der Waals surface area contributed by atoms with Crippen LogP contribution in [0.2, 0.25) is 0 Å². The van der Waals surface area contributed by atoms with Crippen molar-refractivity contribution in [2.24, 2.45) is 0 Å². The summed E-state index contributed by atoms with van der Waals surface area (Å²) in [7, 11) is -2.64. The van der Waals surface area contributed by atoms with Crippen molar-refractivity contribution in [2.45, 2.75) is 13.8 Å². The van der Waals surface area contributed by atoms with Gasteiger partial charge in [0.1, 0.15) is 6.54 Å². The van der Waals surface area contributed by atoms with Gasteiger partial charge < -0.3 is 9.47 Å². The fraction of sp³-hybridized carbons (Fsp3) is 0.778. The molecule has 0 unspecified atom stereocenters. The first-order chi connectivity index (χ1) is 7.83. The number of ether oxygens (including phenoxy) is 2. The predicted octanol–water partition coefficient (Wildman–Crippen LogP) is -0.626. The second-order valence-electron chi connectivity index (χ2n) is 3.12. The highest BCUT2D eigenvalue weighted by molar-refractivity contribution is 7.89. The fourth-order valence-corrected chi connectivity index (χ4v) is 1.85. The maximum atomic E-state index is 11.6. The van der Waals surface area contributed by atoms with Gasteiger partial charge in [0.15, 0.2) is 5.75 Å². The first-order valence-electron chi connectivity index (χ1n) is 5.08. The van der Waals surface area contributed by atoms with Gasteiger partial charge in [0, 0.05) is 7.05 Å². The van der Waals surface area contributed by atoms with Crippen molar-refractivity contribution in [1.29, 1.82) is 0 Å². The Hall–Kier alpha value is -1.15. The Kier molecular flexibility index (Phi) is 6.74. The fourth-order valence-electron chi connectivity index (χ4n) is 0.949. The molecule has 0 fully saturated rings. The molecular weight excluding hydrogens is 250 g/mol. The normalized spacial score (nSPS) is 11.3. The highest BCUT2D eigenvalue weighted by Gasteiger charge is 2.24. The van der Waals surface area contributed by atoms with Gasteiger partial charge in [-0.15, -0.1) is 0 Å². The van der Waals surface area contributed by atoms with Crippen LogP contribution in [-0.4, -0.2) is 57.2 Å². The van der Waals surface area contributed by atoms with Gasteiger partial charge in [-0.2, -0.15) is 4.31 Å². The number of nitrogens with zero attached hydrogens (tertiary/aromatic N) is 1. The molecule has 0 aliphatic heterocycles. The molecule has 0 radical (unpaired) electrons. The third-order valence-corrected chi connectivity index (χ3v) is 3.42. The number of carbonyl (C=O) groups is 2. The summed E-state index contributed by atoms with van der Waals surface area (Å²) in [6.07, 6.45) is 0. The average molecular weight is 267 g/mol. The van der Waals surface area contributed by atoms with Gasteiger partial charge in [-0.3, -0.25) is 9.59 Å². The van der Waals surface area contributed by atoms with E-state index in [-0.39, 0.29) is 13.2 Å². The topological polar surface area (TPSA) is 90.0 Å². The number of esters is 2. The van der Waals surface area contributed by atoms with Crippen LogP contribution in [0.25, 0.3) is 0 Å². The van der Waals surface area contributed by atoms with E-state index in [9.17, 15) is 18.0 Å². The van der Waals surface area contributed by atoms with E-state index in [0.717, 1.165) is 4.31 Å². The van der Waals surface area contributed by atoms with Crippen molar-refractivity contribution in [3.05, 3.63) is 0 Å². The zero-order valence-electron chi connectivity index (χ0n) is 10.1. The van der Waals surface area contributed by atoms with Gasteiger partial charge in [-0.25, -0.2) is 8.42 Å². The van der Waals surface area contributed by atoms with Crippen molar-refractivity contribution in [3.63, 3.8) is 0 Å². The van der Waals surface area contributed by atoms with Crippen molar-refractivity contribution in [2.75, 3.05) is 32.6 Å². The minimum Gasteiger partial charge on any atom is -0.465 e. The average Bonchev–Trinajstić information content (AvgIpc) is 2.17. The number of likely N-dealkylation sites (N-methyl/N-ethyl adjacent to an activating group) is 1. The van der Waals surface area contributed by atoms with Gasteiger partial charge in [-0.1, -0.05) is 0 Å². The number of sulfonamides is 1. The van der Waals surface area contributed by atoms with Crippen LogP contribution in [0, 0.1) is 0 Å². The summed E-state index contributed by atoms with van der Waals surface area (Å²) in [5, 5.41) is 0. The quantitative estimate of drug-likeness (QED) is 0.571. The SMILES string of the molecule is CCOC(=O)CN(C)S(=O)(=O)CC(=O)OCC. The van der Waals surface area contributed by atoms with Gasteiger partial charge in [0.25, 0.3) is 0 Å². The van der Waals surface area contributed by atoms with Crippen molar-refractivity contribution in [3.8, 4) is 0 Å². The number of hydrogen-bond acceptors (Lipinski definition) is 6. The molecule has 0 aromatic heterocycles. The number of carbonyl (C=O) groups excluding carboxylic acids is 2. The van der Waals surface area contributed by atoms with E-state index >= 15 is 0 Å². The molecule has 7 nitrogen and oxygen atoms in total. The third-order valence-electron chi connectivity index (χ3n) is 1.74. The molecule has 0 heterocycles. The molecule has 8 heteroatoms. The monoisotopic (exact) mass is 267 g/mol. The summed E-state index contributed by atoms with van der Waals surface area (Å²) in [6.45, 7) is 3.05. The highest BCUT2D eigenvalue weighted by atomic mass is 32.2. The Bertz CT molecular complexity index is 364. The van der Waals surface area contributed by atoms with E-state index in [4.69, 9.17) is 0 Å². The zero-order valence-corrected chi connectivity index (χ0v) is 10.9. The summed E-state index contributed by atoms with van der Waals surface area (Å²) in [5.41, 5.74) is 0. The van der Waals surface area contributed by atoms with Crippen molar-refractivity contribution < 1.29 is 27.5 Å². The van der Waals surface area contributed by atoms with E-state index in [1.807, 2.05) is 0 Å². The highest BCUT2D eigenvalue weighted by Crippen LogP contribution is 2.00. The Labute approximate surface area is 101 Å². The molecule has 0 saturated carbocycles. The van der Waals surface area contributed by atoms with Gasteiger partial charge in [0.05, 0.1) is 13.2 Å². The minimum absolute atomic E-state index is 0.107. The summed E-state index contributed by atoms with van der Waals surface area (Å²) < 4.78 is 33.0. The molecule has 0 aliphatic carbocycles. The van der Waals surface area contributed by atoms with E-state index in [0.29, 0.717) is 0 Å². The van der Waals surface area contributed by atoms with E-state index in [2.05, 4.69) is 9.47 Å². The lowest BCUT2D eigenvalue weighted by molar-refractivity contribution is -0.143. The summed E-state index contributed by atoms with van der Waals surface area (Å²) in [6, 6.07) is 0. The third kappa shape index (κ3) is 6.22. The van der Waals surface area contributed by atoms with Crippen LogP contribution in [0.5, 0.6) is 0 Å². The van der Waals surface area contributed by atoms with Crippen molar-refractivity contribution in [1.82, 2.24) is 4.31 Å². The zero-order chi connectivity index (χ0) is 13.5. The lowest BCUT2D eigenvalue weighted by Crippen LogP contribution is -2.37. The summed E-state index contributed by atoms with van der Waals surface area (Å²) in [5.74, 6) is -2.29. The first kappa shape index (κ1) is 15.9. The van der Waals surface area contributed by atoms with Gasteiger partial charge in [-0.05, 0) is 13.8 Å². The van der Waals surface area contributed by atoms with Crippen LogP contribution in [0.1, 0.15) is 13.8 Å². The Morgan fingerprint density at radius 2 is 1.53 bits per heavy atom. The van der Waals surface area contributed by atoms with Crippen LogP contribution >= 0.6 is 0 Å². The molecule has 0 aliphatic rings. The molecule has 0 rings (SSSR count). The molecule has 0 N–H and O–H groups in total. The first-order valence-corrected chi connectivity index (χ1v) is 6.69.